The van der Waals surface area contributed by atoms with E-state index >= 15 is 0 Å². The lowest BCUT2D eigenvalue weighted by atomic mass is 10.2. The van der Waals surface area contributed by atoms with Crippen molar-refractivity contribution in [3.63, 3.8) is 0 Å². The number of nitrogens with one attached hydrogen (secondary N) is 3. The Labute approximate surface area is 146 Å². The van der Waals surface area contributed by atoms with Crippen molar-refractivity contribution in [2.75, 3.05) is 23.8 Å². The SMILES string of the molecule is C=CCNC(=S)Nc1cccc(NC(=O)COc2ccccc2)c1. The van der Waals surface area contributed by atoms with E-state index in [1.807, 2.05) is 30.3 Å². The second-order valence-electron chi connectivity index (χ2n) is 4.85. The lowest BCUT2D eigenvalue weighted by Crippen LogP contribution is -2.28. The lowest BCUT2D eigenvalue weighted by Gasteiger charge is -2.11. The van der Waals surface area contributed by atoms with Gasteiger partial charge in [0.25, 0.3) is 5.91 Å². The summed E-state index contributed by atoms with van der Waals surface area (Å²) in [6.45, 7) is 4.14. The first kappa shape index (κ1) is 17.5. The quantitative estimate of drug-likeness (QED) is 0.533. The Bertz CT molecular complexity index is 704. The smallest absolute Gasteiger partial charge is 0.262 e. The first-order valence-electron chi connectivity index (χ1n) is 7.41. The van der Waals surface area contributed by atoms with Gasteiger partial charge < -0.3 is 20.7 Å². The molecule has 3 N–H and O–H groups in total. The molecule has 0 aliphatic heterocycles. The summed E-state index contributed by atoms with van der Waals surface area (Å²) in [7, 11) is 0. The summed E-state index contributed by atoms with van der Waals surface area (Å²) < 4.78 is 5.41. The summed E-state index contributed by atoms with van der Waals surface area (Å²) in [4.78, 5) is 12.0. The molecule has 24 heavy (non-hydrogen) atoms. The Morgan fingerprint density at radius 3 is 2.50 bits per heavy atom. The van der Waals surface area contributed by atoms with Crippen LogP contribution >= 0.6 is 12.2 Å². The number of rotatable bonds is 7. The molecule has 0 unspecified atom stereocenters. The van der Waals surface area contributed by atoms with Gasteiger partial charge in [-0.1, -0.05) is 30.3 Å². The second-order valence-corrected chi connectivity index (χ2v) is 5.26. The van der Waals surface area contributed by atoms with E-state index in [1.54, 1.807) is 30.3 Å². The summed E-state index contributed by atoms with van der Waals surface area (Å²) in [6.07, 6.45) is 1.72. The Kier molecular flexibility index (Phi) is 6.79. The van der Waals surface area contributed by atoms with Crippen molar-refractivity contribution in [3.8, 4) is 5.75 Å². The first-order chi connectivity index (χ1) is 11.7. The standard InChI is InChI=1S/C18H19N3O2S/c1-2-11-19-18(24)21-15-8-6-7-14(12-15)20-17(22)13-23-16-9-4-3-5-10-16/h2-10,12H,1,11,13H2,(H,20,22)(H2,19,21,24). The molecule has 0 spiro atoms. The van der Waals surface area contributed by atoms with Crippen LogP contribution in [0.2, 0.25) is 0 Å². The van der Waals surface area contributed by atoms with E-state index in [9.17, 15) is 4.79 Å². The average Bonchev–Trinajstić information content (AvgIpc) is 2.59. The molecule has 0 radical (unpaired) electrons. The number of benzene rings is 2. The van der Waals surface area contributed by atoms with Crippen LogP contribution in [0.25, 0.3) is 0 Å². The molecule has 0 aromatic heterocycles. The summed E-state index contributed by atoms with van der Waals surface area (Å²) in [6, 6.07) is 16.5. The van der Waals surface area contributed by atoms with Gasteiger partial charge in [-0.25, -0.2) is 0 Å². The lowest BCUT2D eigenvalue weighted by molar-refractivity contribution is -0.118. The highest BCUT2D eigenvalue weighted by atomic mass is 32.1. The number of hydrogen-bond acceptors (Lipinski definition) is 3. The van der Waals surface area contributed by atoms with Crippen molar-refractivity contribution in [1.82, 2.24) is 5.32 Å². The van der Waals surface area contributed by atoms with Crippen LogP contribution in [0.3, 0.4) is 0 Å². The van der Waals surface area contributed by atoms with Crippen molar-refractivity contribution in [1.29, 1.82) is 0 Å². The maximum absolute atomic E-state index is 12.0. The van der Waals surface area contributed by atoms with Crippen LogP contribution in [0.5, 0.6) is 5.75 Å². The zero-order valence-electron chi connectivity index (χ0n) is 13.1. The fraction of sp³-hybridized carbons (Fsp3) is 0.111. The predicted molar refractivity (Wildman–Crippen MR) is 101 cm³/mol. The molecule has 0 saturated heterocycles. The Hall–Kier alpha value is -2.86. The van der Waals surface area contributed by atoms with Gasteiger partial charge in [0.05, 0.1) is 0 Å². The predicted octanol–water partition coefficient (Wildman–Crippen LogP) is 3.18. The van der Waals surface area contributed by atoms with Crippen LogP contribution < -0.4 is 20.7 Å². The van der Waals surface area contributed by atoms with Crippen LogP contribution in [0, 0.1) is 0 Å². The van der Waals surface area contributed by atoms with E-state index in [1.165, 1.54) is 0 Å². The van der Waals surface area contributed by atoms with E-state index in [-0.39, 0.29) is 12.5 Å². The van der Waals surface area contributed by atoms with E-state index in [4.69, 9.17) is 17.0 Å². The van der Waals surface area contributed by atoms with Gasteiger partial charge in [0.15, 0.2) is 11.7 Å². The van der Waals surface area contributed by atoms with E-state index in [0.717, 1.165) is 5.69 Å². The summed E-state index contributed by atoms with van der Waals surface area (Å²) in [5.41, 5.74) is 1.44. The highest BCUT2D eigenvalue weighted by Gasteiger charge is 2.05. The van der Waals surface area contributed by atoms with Gasteiger partial charge in [-0.2, -0.15) is 0 Å². The molecule has 0 heterocycles. The van der Waals surface area contributed by atoms with Crippen molar-refractivity contribution < 1.29 is 9.53 Å². The minimum absolute atomic E-state index is 0.0546. The van der Waals surface area contributed by atoms with Gasteiger partial charge in [-0.05, 0) is 42.5 Å². The molecule has 2 rings (SSSR count). The molecule has 0 bridgehead atoms. The number of thiocarbonyl (C=S) groups is 1. The van der Waals surface area contributed by atoms with E-state index in [0.29, 0.717) is 23.1 Å². The van der Waals surface area contributed by atoms with Crippen LogP contribution in [-0.4, -0.2) is 24.2 Å². The van der Waals surface area contributed by atoms with E-state index < -0.39 is 0 Å². The highest BCUT2D eigenvalue weighted by molar-refractivity contribution is 7.80. The molecule has 1 amide bonds. The number of amides is 1. The Morgan fingerprint density at radius 1 is 1.08 bits per heavy atom. The van der Waals surface area contributed by atoms with E-state index in [2.05, 4.69) is 22.5 Å². The molecule has 124 valence electrons. The summed E-state index contributed by atoms with van der Waals surface area (Å²) in [5.74, 6) is 0.421. The van der Waals surface area contributed by atoms with Gasteiger partial charge in [-0.3, -0.25) is 4.79 Å². The van der Waals surface area contributed by atoms with Crippen molar-refractivity contribution in [3.05, 3.63) is 67.3 Å². The maximum Gasteiger partial charge on any atom is 0.262 e. The van der Waals surface area contributed by atoms with Gasteiger partial charge in [0.1, 0.15) is 5.75 Å². The summed E-state index contributed by atoms with van der Waals surface area (Å²) in [5, 5.41) is 9.29. The minimum Gasteiger partial charge on any atom is -0.484 e. The first-order valence-corrected chi connectivity index (χ1v) is 7.81. The molecule has 5 nitrogen and oxygen atoms in total. The number of carbonyl (C=O) groups excluding carboxylic acids is 1. The topological polar surface area (TPSA) is 62.4 Å². The van der Waals surface area contributed by atoms with Gasteiger partial charge in [0.2, 0.25) is 0 Å². The third kappa shape index (κ3) is 6.10. The summed E-state index contributed by atoms with van der Waals surface area (Å²) >= 11 is 5.15. The van der Waals surface area contributed by atoms with Crippen LogP contribution in [0.1, 0.15) is 0 Å². The molecule has 0 atom stereocenters. The zero-order chi connectivity index (χ0) is 17.2. The Balaban J connectivity index is 1.85. The third-order valence-electron chi connectivity index (χ3n) is 2.92. The van der Waals surface area contributed by atoms with Crippen molar-refractivity contribution >= 4 is 34.6 Å². The van der Waals surface area contributed by atoms with Crippen molar-refractivity contribution in [2.24, 2.45) is 0 Å². The van der Waals surface area contributed by atoms with Gasteiger partial charge in [0, 0.05) is 17.9 Å². The number of para-hydroxylation sites is 1. The molecular formula is C18H19N3O2S. The molecular weight excluding hydrogens is 322 g/mol. The van der Waals surface area contributed by atoms with Crippen LogP contribution in [0.15, 0.2) is 67.3 Å². The van der Waals surface area contributed by atoms with Crippen LogP contribution in [-0.2, 0) is 4.79 Å². The molecule has 0 fully saturated rings. The fourth-order valence-electron chi connectivity index (χ4n) is 1.88. The zero-order valence-corrected chi connectivity index (χ0v) is 13.9. The second kappa shape index (κ2) is 9.32. The maximum atomic E-state index is 12.0. The third-order valence-corrected chi connectivity index (χ3v) is 3.17. The molecule has 2 aromatic carbocycles. The van der Waals surface area contributed by atoms with Crippen LogP contribution in [0.4, 0.5) is 11.4 Å². The average molecular weight is 341 g/mol. The monoisotopic (exact) mass is 341 g/mol. The van der Waals surface area contributed by atoms with Crippen molar-refractivity contribution in [2.45, 2.75) is 0 Å². The minimum atomic E-state index is -0.233. The largest absolute Gasteiger partial charge is 0.484 e. The number of carbonyl (C=O) groups is 1. The van der Waals surface area contributed by atoms with Gasteiger partial charge in [-0.15, -0.1) is 6.58 Å². The number of anilines is 2. The number of hydrogen-bond donors (Lipinski definition) is 3. The molecule has 0 aliphatic carbocycles. The number of ether oxygens (including phenoxy) is 1. The molecule has 6 heteroatoms. The normalized spacial score (nSPS) is 9.67. The fourth-order valence-corrected chi connectivity index (χ4v) is 2.08. The Morgan fingerprint density at radius 2 is 1.79 bits per heavy atom. The molecule has 0 saturated carbocycles. The highest BCUT2D eigenvalue weighted by Crippen LogP contribution is 2.15. The molecule has 2 aromatic rings. The molecule has 0 aliphatic rings. The van der Waals surface area contributed by atoms with Gasteiger partial charge >= 0.3 is 0 Å².